The summed E-state index contributed by atoms with van der Waals surface area (Å²) < 4.78 is 60.8. The highest BCUT2D eigenvalue weighted by Gasteiger charge is 2.34. The third kappa shape index (κ3) is 5.71. The van der Waals surface area contributed by atoms with Gasteiger partial charge in [0.1, 0.15) is 17.5 Å². The predicted octanol–water partition coefficient (Wildman–Crippen LogP) is 3.72. The summed E-state index contributed by atoms with van der Waals surface area (Å²) in [5.74, 6) is 0.0876. The summed E-state index contributed by atoms with van der Waals surface area (Å²) in [7, 11) is -2.02. The quantitative estimate of drug-likeness (QED) is 0.689. The fourth-order valence-electron chi connectivity index (χ4n) is 3.59. The van der Waals surface area contributed by atoms with Gasteiger partial charge in [-0.2, -0.15) is 13.1 Å². The minimum Gasteiger partial charge on any atom is -0.497 e. The molecule has 1 N–H and O–H groups in total. The molecule has 10 heteroatoms. The number of hydrogen-bond acceptors (Lipinski definition) is 5. The van der Waals surface area contributed by atoms with Crippen molar-refractivity contribution in [2.24, 2.45) is 0 Å². The molecule has 0 saturated carbocycles. The van der Waals surface area contributed by atoms with Crippen LogP contribution in [-0.2, 0) is 14.8 Å². The average Bonchev–Trinajstić information content (AvgIpc) is 2.74. The number of nitrogens with one attached hydrogen (secondary N) is 1. The van der Waals surface area contributed by atoms with E-state index in [9.17, 15) is 22.0 Å². The number of benzene rings is 2. The van der Waals surface area contributed by atoms with Gasteiger partial charge in [-0.05, 0) is 48.7 Å². The summed E-state index contributed by atoms with van der Waals surface area (Å²) in [6.07, 6.45) is 2.92. The third-order valence-corrected chi connectivity index (χ3v) is 6.34. The molecule has 0 bridgehead atoms. The van der Waals surface area contributed by atoms with Gasteiger partial charge in [0.25, 0.3) is 0 Å². The highest BCUT2D eigenvalue weighted by atomic mass is 32.2. The lowest BCUT2D eigenvalue weighted by Crippen LogP contribution is -2.49. The summed E-state index contributed by atoms with van der Waals surface area (Å²) in [6.45, 7) is -2.72. The van der Waals surface area contributed by atoms with E-state index in [0.717, 1.165) is 12.7 Å². The van der Waals surface area contributed by atoms with Gasteiger partial charge in [0.2, 0.25) is 15.9 Å². The zero-order valence-corrected chi connectivity index (χ0v) is 18.0. The Morgan fingerprint density at radius 3 is 2.48 bits per heavy atom. The van der Waals surface area contributed by atoms with Gasteiger partial charge in [-0.3, -0.25) is 4.79 Å². The van der Waals surface area contributed by atoms with Crippen molar-refractivity contribution in [1.82, 2.24) is 4.31 Å². The Morgan fingerprint density at radius 1 is 1.16 bits per heavy atom. The van der Waals surface area contributed by atoms with Crippen molar-refractivity contribution in [3.63, 3.8) is 0 Å². The first kappa shape index (κ1) is 23.0. The highest BCUT2D eigenvalue weighted by molar-refractivity contribution is 7.88. The first-order valence-corrected chi connectivity index (χ1v) is 11.5. The minimum absolute atomic E-state index is 0.0476. The molecule has 2 aromatic carbocycles. The first-order valence-electron chi connectivity index (χ1n) is 9.70. The van der Waals surface area contributed by atoms with Gasteiger partial charge in [-0.25, -0.2) is 8.42 Å². The lowest BCUT2D eigenvalue weighted by atomic mass is 10.0. The molecule has 0 spiro atoms. The normalized spacial score (nSPS) is 17.4. The number of anilines is 1. The Labute approximate surface area is 180 Å². The second kappa shape index (κ2) is 9.61. The van der Waals surface area contributed by atoms with Gasteiger partial charge in [-0.1, -0.05) is 18.6 Å². The number of amides is 1. The number of carbonyl (C=O) groups excluding carboxylic acids is 1. The molecule has 0 aliphatic carbocycles. The fraction of sp³-hybridized carbons (Fsp3) is 0.381. The van der Waals surface area contributed by atoms with Crippen LogP contribution in [0.25, 0.3) is 11.1 Å². The molecule has 1 amide bonds. The number of sulfonamides is 1. The number of alkyl halides is 2. The number of halogens is 2. The SMILES string of the molecule is COc1ccc(-c2cc(NC(=O)[C@@H]3CCCCN3S(C)(=O)=O)ccc2OC(F)F)cc1. The molecule has 3 rings (SSSR count). The average molecular weight is 454 g/mol. The maximum absolute atomic E-state index is 12.9. The summed E-state index contributed by atoms with van der Waals surface area (Å²) >= 11 is 0. The lowest BCUT2D eigenvalue weighted by Gasteiger charge is -2.32. The molecule has 1 fully saturated rings. The summed E-state index contributed by atoms with van der Waals surface area (Å²) in [5.41, 5.74) is 1.28. The van der Waals surface area contributed by atoms with Crippen LogP contribution in [0.3, 0.4) is 0 Å². The van der Waals surface area contributed by atoms with Gasteiger partial charge in [-0.15, -0.1) is 0 Å². The lowest BCUT2D eigenvalue weighted by molar-refractivity contribution is -0.120. The smallest absolute Gasteiger partial charge is 0.387 e. The van der Waals surface area contributed by atoms with Crippen molar-refractivity contribution < 1.29 is 31.5 Å². The van der Waals surface area contributed by atoms with E-state index >= 15 is 0 Å². The number of nitrogens with zero attached hydrogens (tertiary/aromatic N) is 1. The standard InChI is InChI=1S/C21H24F2N2O5S/c1-29-16-9-6-14(7-10-16)17-13-15(8-11-19(17)30-21(22)23)24-20(26)18-5-3-4-12-25(18)31(2,27)28/h6-11,13,18,21H,3-5,12H2,1-2H3,(H,24,26)/t18-/m0/s1. The van der Waals surface area contributed by atoms with Crippen LogP contribution in [0.15, 0.2) is 42.5 Å². The molecule has 0 aromatic heterocycles. The van der Waals surface area contributed by atoms with E-state index in [4.69, 9.17) is 4.74 Å². The monoisotopic (exact) mass is 454 g/mol. The van der Waals surface area contributed by atoms with Crippen molar-refractivity contribution in [3.05, 3.63) is 42.5 Å². The molecule has 7 nitrogen and oxygen atoms in total. The van der Waals surface area contributed by atoms with Crippen LogP contribution < -0.4 is 14.8 Å². The van der Waals surface area contributed by atoms with E-state index in [1.165, 1.54) is 29.6 Å². The van der Waals surface area contributed by atoms with Gasteiger partial charge >= 0.3 is 6.61 Å². The maximum atomic E-state index is 12.9. The molecule has 2 aromatic rings. The Bertz CT molecular complexity index is 1030. The van der Waals surface area contributed by atoms with E-state index in [-0.39, 0.29) is 12.3 Å². The van der Waals surface area contributed by atoms with Crippen LogP contribution in [0.5, 0.6) is 11.5 Å². The largest absolute Gasteiger partial charge is 0.497 e. The van der Waals surface area contributed by atoms with Crippen molar-refractivity contribution in [3.8, 4) is 22.6 Å². The summed E-state index contributed by atoms with van der Waals surface area (Å²) in [5, 5.41) is 2.71. The number of ether oxygens (including phenoxy) is 2. The molecule has 1 aliphatic rings. The van der Waals surface area contributed by atoms with E-state index in [1.54, 1.807) is 24.3 Å². The van der Waals surface area contributed by atoms with E-state index in [1.807, 2.05) is 0 Å². The van der Waals surface area contributed by atoms with Crippen LogP contribution >= 0.6 is 0 Å². The third-order valence-electron chi connectivity index (χ3n) is 5.05. The predicted molar refractivity (Wildman–Crippen MR) is 113 cm³/mol. The van der Waals surface area contributed by atoms with E-state index in [0.29, 0.717) is 35.4 Å². The Hall–Kier alpha value is -2.72. The maximum Gasteiger partial charge on any atom is 0.387 e. The molecule has 1 atom stereocenters. The van der Waals surface area contributed by atoms with Crippen molar-refractivity contribution >= 4 is 21.6 Å². The number of hydrogen-bond donors (Lipinski definition) is 1. The Balaban J connectivity index is 1.89. The molecule has 1 heterocycles. The molecular weight excluding hydrogens is 430 g/mol. The molecule has 0 unspecified atom stereocenters. The van der Waals surface area contributed by atoms with Crippen LogP contribution in [0.4, 0.5) is 14.5 Å². The molecule has 1 saturated heterocycles. The van der Waals surface area contributed by atoms with Crippen LogP contribution in [0.1, 0.15) is 19.3 Å². The first-order chi connectivity index (χ1) is 14.7. The minimum atomic E-state index is -3.53. The molecular formula is C21H24F2N2O5S. The molecule has 168 valence electrons. The zero-order chi connectivity index (χ0) is 22.6. The van der Waals surface area contributed by atoms with E-state index < -0.39 is 28.6 Å². The Kier molecular flexibility index (Phi) is 7.11. The van der Waals surface area contributed by atoms with Gasteiger partial charge in [0, 0.05) is 17.8 Å². The number of piperidine rings is 1. The second-order valence-electron chi connectivity index (χ2n) is 7.19. The zero-order valence-electron chi connectivity index (χ0n) is 17.2. The van der Waals surface area contributed by atoms with Crippen LogP contribution in [-0.4, -0.2) is 51.2 Å². The highest BCUT2D eigenvalue weighted by Crippen LogP contribution is 2.35. The summed E-state index contributed by atoms with van der Waals surface area (Å²) in [6, 6.07) is 10.2. The van der Waals surface area contributed by atoms with Crippen molar-refractivity contribution in [1.29, 1.82) is 0 Å². The van der Waals surface area contributed by atoms with E-state index in [2.05, 4.69) is 10.1 Å². The number of carbonyl (C=O) groups is 1. The summed E-state index contributed by atoms with van der Waals surface area (Å²) in [4.78, 5) is 12.8. The van der Waals surface area contributed by atoms with Gasteiger partial charge < -0.3 is 14.8 Å². The topological polar surface area (TPSA) is 84.9 Å². The van der Waals surface area contributed by atoms with Crippen molar-refractivity contribution in [2.45, 2.75) is 31.9 Å². The van der Waals surface area contributed by atoms with Gasteiger partial charge in [0.15, 0.2) is 0 Å². The molecule has 0 radical (unpaired) electrons. The van der Waals surface area contributed by atoms with Crippen LogP contribution in [0, 0.1) is 0 Å². The van der Waals surface area contributed by atoms with Gasteiger partial charge in [0.05, 0.1) is 13.4 Å². The molecule has 1 aliphatic heterocycles. The van der Waals surface area contributed by atoms with Crippen molar-refractivity contribution in [2.75, 3.05) is 25.2 Å². The number of rotatable bonds is 7. The van der Waals surface area contributed by atoms with Crippen LogP contribution in [0.2, 0.25) is 0 Å². The fourth-order valence-corrected chi connectivity index (χ4v) is 4.72. The number of methoxy groups -OCH3 is 1. The second-order valence-corrected chi connectivity index (χ2v) is 9.13. The Morgan fingerprint density at radius 2 is 1.87 bits per heavy atom. The molecule has 31 heavy (non-hydrogen) atoms.